The van der Waals surface area contributed by atoms with E-state index in [-0.39, 0.29) is 12.8 Å². The highest BCUT2D eigenvalue weighted by Crippen LogP contribution is 2.05. The van der Waals surface area contributed by atoms with Crippen molar-refractivity contribution in [1.82, 2.24) is 16.0 Å². The first-order valence-corrected chi connectivity index (χ1v) is 9.37. The van der Waals surface area contributed by atoms with Gasteiger partial charge < -0.3 is 43.4 Å². The molecule has 0 aromatic carbocycles. The SMILES string of the molecule is CC(C)C(NC(=O)C(CC(N)=O)NC(=O)C(N)CCC(N)=O)C(=O)NC(CO)C(=O)O. The summed E-state index contributed by atoms with van der Waals surface area (Å²) in [5.74, 6) is -6.30. The Morgan fingerprint density at radius 2 is 1.39 bits per heavy atom. The third kappa shape index (κ3) is 10.4. The third-order valence-electron chi connectivity index (χ3n) is 4.12. The van der Waals surface area contributed by atoms with E-state index in [2.05, 4.69) is 16.0 Å². The van der Waals surface area contributed by atoms with Gasteiger partial charge in [-0.05, 0) is 12.3 Å². The van der Waals surface area contributed by atoms with Gasteiger partial charge in [-0.25, -0.2) is 4.79 Å². The maximum absolute atomic E-state index is 12.6. The van der Waals surface area contributed by atoms with Crippen molar-refractivity contribution in [2.75, 3.05) is 6.61 Å². The lowest BCUT2D eigenvalue weighted by molar-refractivity contribution is -0.143. The van der Waals surface area contributed by atoms with Crippen molar-refractivity contribution < 1.29 is 39.0 Å². The first-order valence-electron chi connectivity index (χ1n) is 9.37. The molecule has 0 fully saturated rings. The number of carbonyl (C=O) groups is 6. The normalized spacial score (nSPS) is 14.6. The fourth-order valence-electron chi connectivity index (χ4n) is 2.35. The summed E-state index contributed by atoms with van der Waals surface area (Å²) in [5.41, 5.74) is 15.7. The molecule has 0 heterocycles. The zero-order valence-electron chi connectivity index (χ0n) is 17.3. The van der Waals surface area contributed by atoms with Crippen LogP contribution in [0.1, 0.15) is 33.1 Å². The van der Waals surface area contributed by atoms with Gasteiger partial charge >= 0.3 is 5.97 Å². The fraction of sp³-hybridized carbons (Fsp3) is 0.647. The van der Waals surface area contributed by atoms with Crippen LogP contribution >= 0.6 is 0 Å². The number of carbonyl (C=O) groups excluding carboxylic acids is 5. The highest BCUT2D eigenvalue weighted by atomic mass is 16.4. The summed E-state index contributed by atoms with van der Waals surface area (Å²) in [7, 11) is 0. The molecule has 0 aliphatic heterocycles. The van der Waals surface area contributed by atoms with Crippen LogP contribution in [-0.4, -0.2) is 76.5 Å². The minimum absolute atomic E-state index is 0.0964. The van der Waals surface area contributed by atoms with Gasteiger partial charge in [-0.2, -0.15) is 0 Å². The molecule has 14 nitrogen and oxygen atoms in total. The van der Waals surface area contributed by atoms with Gasteiger partial charge in [0.2, 0.25) is 29.5 Å². The summed E-state index contributed by atoms with van der Waals surface area (Å²) in [5, 5.41) is 24.6. The minimum Gasteiger partial charge on any atom is -0.480 e. The average molecular weight is 446 g/mol. The summed E-state index contributed by atoms with van der Waals surface area (Å²) in [6.45, 7) is 2.24. The van der Waals surface area contributed by atoms with Crippen LogP contribution in [0.2, 0.25) is 0 Å². The number of nitrogens with two attached hydrogens (primary N) is 3. The van der Waals surface area contributed by atoms with Crippen molar-refractivity contribution in [3.8, 4) is 0 Å². The van der Waals surface area contributed by atoms with E-state index < -0.39 is 78.6 Å². The number of nitrogens with one attached hydrogen (secondary N) is 3. The molecular formula is C17H30N6O8. The van der Waals surface area contributed by atoms with E-state index in [1.165, 1.54) is 0 Å². The molecule has 0 aromatic rings. The second-order valence-electron chi connectivity index (χ2n) is 7.16. The standard InChI is InChI=1S/C17H30N6O8/c1-7(2)13(16(29)22-10(6-24)17(30)31)23-15(28)9(5-12(20)26)21-14(27)8(18)3-4-11(19)25/h7-10,13,24H,3-6,18H2,1-2H3,(H2,19,25)(H2,20,26)(H,21,27)(H,22,29)(H,23,28)(H,30,31). The molecule has 0 rings (SSSR count). The number of primary amides is 2. The molecule has 176 valence electrons. The zero-order chi connectivity index (χ0) is 24.3. The minimum atomic E-state index is -1.59. The van der Waals surface area contributed by atoms with E-state index in [0.717, 1.165) is 0 Å². The van der Waals surface area contributed by atoms with E-state index in [0.29, 0.717) is 0 Å². The molecule has 31 heavy (non-hydrogen) atoms. The van der Waals surface area contributed by atoms with Gasteiger partial charge in [0.1, 0.15) is 18.1 Å². The lowest BCUT2D eigenvalue weighted by Gasteiger charge is -2.26. The lowest BCUT2D eigenvalue weighted by atomic mass is 10.0. The number of carboxylic acid groups (broad SMARTS) is 1. The Kier molecular flexibility index (Phi) is 11.7. The molecule has 5 amide bonds. The molecule has 0 saturated heterocycles. The number of rotatable bonds is 14. The summed E-state index contributed by atoms with van der Waals surface area (Å²) in [6.07, 6.45) is -0.881. The van der Waals surface area contributed by atoms with E-state index in [1.807, 2.05) is 0 Å². The Hall–Kier alpha value is -3.26. The summed E-state index contributed by atoms with van der Waals surface area (Å²) < 4.78 is 0. The van der Waals surface area contributed by atoms with Gasteiger partial charge in [-0.3, -0.25) is 24.0 Å². The Labute approximate surface area is 178 Å². The molecule has 11 N–H and O–H groups in total. The topological polar surface area (TPSA) is 257 Å². The van der Waals surface area contributed by atoms with Gasteiger partial charge in [0.05, 0.1) is 19.1 Å². The maximum Gasteiger partial charge on any atom is 0.328 e. The van der Waals surface area contributed by atoms with Crippen LogP contribution in [-0.2, 0) is 28.8 Å². The molecule has 0 aliphatic rings. The quantitative estimate of drug-likeness (QED) is 0.128. The fourth-order valence-corrected chi connectivity index (χ4v) is 2.35. The van der Waals surface area contributed by atoms with Gasteiger partial charge in [0.25, 0.3) is 0 Å². The number of amides is 5. The summed E-state index contributed by atoms with van der Waals surface area (Å²) in [4.78, 5) is 70.3. The molecule has 14 heteroatoms. The van der Waals surface area contributed by atoms with E-state index in [1.54, 1.807) is 13.8 Å². The number of hydrogen-bond acceptors (Lipinski definition) is 8. The van der Waals surface area contributed by atoms with Crippen LogP contribution in [0.15, 0.2) is 0 Å². The van der Waals surface area contributed by atoms with Crippen LogP contribution in [0.25, 0.3) is 0 Å². The second-order valence-corrected chi connectivity index (χ2v) is 7.16. The monoisotopic (exact) mass is 446 g/mol. The number of hydrogen-bond donors (Lipinski definition) is 8. The van der Waals surface area contributed by atoms with Crippen molar-refractivity contribution in [3.63, 3.8) is 0 Å². The van der Waals surface area contributed by atoms with Crippen LogP contribution in [0.4, 0.5) is 0 Å². The maximum atomic E-state index is 12.6. The Morgan fingerprint density at radius 3 is 1.81 bits per heavy atom. The molecule has 4 atom stereocenters. The summed E-state index contributed by atoms with van der Waals surface area (Å²) >= 11 is 0. The number of aliphatic carboxylic acids is 1. The molecular weight excluding hydrogens is 416 g/mol. The highest BCUT2D eigenvalue weighted by Gasteiger charge is 2.32. The van der Waals surface area contributed by atoms with Gasteiger partial charge in [-0.15, -0.1) is 0 Å². The molecule has 4 unspecified atom stereocenters. The second kappa shape index (κ2) is 13.1. The van der Waals surface area contributed by atoms with Crippen LogP contribution < -0.4 is 33.2 Å². The Bertz CT molecular complexity index is 698. The van der Waals surface area contributed by atoms with Gasteiger partial charge in [-0.1, -0.05) is 13.8 Å². The molecule has 0 saturated carbocycles. The van der Waals surface area contributed by atoms with Gasteiger partial charge in [0, 0.05) is 6.42 Å². The first-order chi connectivity index (χ1) is 14.3. The van der Waals surface area contributed by atoms with Crippen molar-refractivity contribution in [1.29, 1.82) is 0 Å². The molecule has 0 radical (unpaired) electrons. The van der Waals surface area contributed by atoms with E-state index >= 15 is 0 Å². The number of carboxylic acids is 1. The van der Waals surface area contributed by atoms with E-state index in [4.69, 9.17) is 27.4 Å². The first kappa shape index (κ1) is 27.7. The van der Waals surface area contributed by atoms with Crippen LogP contribution in [0.3, 0.4) is 0 Å². The van der Waals surface area contributed by atoms with Crippen molar-refractivity contribution in [2.24, 2.45) is 23.1 Å². The lowest BCUT2D eigenvalue weighted by Crippen LogP contribution is -2.59. The smallest absolute Gasteiger partial charge is 0.328 e. The predicted molar refractivity (Wildman–Crippen MR) is 106 cm³/mol. The average Bonchev–Trinajstić information content (AvgIpc) is 2.66. The molecule has 0 aliphatic carbocycles. The van der Waals surface area contributed by atoms with Crippen molar-refractivity contribution >= 4 is 35.5 Å². The van der Waals surface area contributed by atoms with Crippen LogP contribution in [0.5, 0.6) is 0 Å². The molecule has 0 bridgehead atoms. The highest BCUT2D eigenvalue weighted by molar-refractivity contribution is 5.96. The predicted octanol–water partition coefficient (Wildman–Crippen LogP) is -4.36. The Morgan fingerprint density at radius 1 is 0.839 bits per heavy atom. The summed E-state index contributed by atoms with van der Waals surface area (Å²) in [6, 6.07) is -5.51. The Balaban J connectivity index is 5.33. The van der Waals surface area contributed by atoms with Gasteiger partial charge in [0.15, 0.2) is 0 Å². The third-order valence-corrected chi connectivity index (χ3v) is 4.12. The molecule has 0 aromatic heterocycles. The number of aliphatic hydroxyl groups excluding tert-OH is 1. The zero-order valence-corrected chi connectivity index (χ0v) is 17.3. The largest absolute Gasteiger partial charge is 0.480 e. The van der Waals surface area contributed by atoms with E-state index in [9.17, 15) is 28.8 Å². The van der Waals surface area contributed by atoms with Crippen molar-refractivity contribution in [2.45, 2.75) is 57.3 Å². The number of aliphatic hydroxyl groups is 1. The van der Waals surface area contributed by atoms with Crippen molar-refractivity contribution in [3.05, 3.63) is 0 Å². The molecule has 0 spiro atoms. The van der Waals surface area contributed by atoms with Crippen LogP contribution in [0, 0.1) is 5.92 Å².